The molecule has 0 bridgehead atoms. The molecule has 2 atom stereocenters. The average Bonchev–Trinajstić information content (AvgIpc) is 3.11. The minimum atomic E-state index is -0.630. The van der Waals surface area contributed by atoms with Crippen molar-refractivity contribution in [1.82, 2.24) is 14.9 Å². The first-order chi connectivity index (χ1) is 14.3. The van der Waals surface area contributed by atoms with Crippen LogP contribution in [0.1, 0.15) is 38.2 Å². The SMILES string of the molecule is CC(C)(C)C(NCC(O)CN)c1nc(-c2cccc(F)c2)cn1Cc1ccccc1. The molecule has 0 aliphatic carbocycles. The summed E-state index contributed by atoms with van der Waals surface area (Å²) in [6, 6.07) is 16.5. The van der Waals surface area contributed by atoms with Gasteiger partial charge >= 0.3 is 0 Å². The Morgan fingerprint density at radius 1 is 1.13 bits per heavy atom. The summed E-state index contributed by atoms with van der Waals surface area (Å²) in [6.07, 6.45) is 1.34. The van der Waals surface area contributed by atoms with Gasteiger partial charge in [-0.3, -0.25) is 0 Å². The number of aliphatic hydroxyl groups is 1. The number of nitrogens with one attached hydrogen (secondary N) is 1. The molecule has 0 aliphatic heterocycles. The van der Waals surface area contributed by atoms with Gasteiger partial charge in [0.25, 0.3) is 0 Å². The maximum absolute atomic E-state index is 13.8. The van der Waals surface area contributed by atoms with Crippen molar-refractivity contribution in [3.05, 3.63) is 78.0 Å². The van der Waals surface area contributed by atoms with E-state index in [0.717, 1.165) is 22.6 Å². The van der Waals surface area contributed by atoms with Crippen molar-refractivity contribution < 1.29 is 9.50 Å². The van der Waals surface area contributed by atoms with Crippen LogP contribution in [0, 0.1) is 11.2 Å². The molecule has 0 amide bonds. The topological polar surface area (TPSA) is 76.1 Å². The molecular weight excluding hydrogens is 379 g/mol. The number of hydrogen-bond acceptors (Lipinski definition) is 4. The van der Waals surface area contributed by atoms with Gasteiger partial charge in [-0.05, 0) is 23.1 Å². The van der Waals surface area contributed by atoms with Crippen LogP contribution in [0.2, 0.25) is 0 Å². The summed E-state index contributed by atoms with van der Waals surface area (Å²) in [5.41, 5.74) is 8.01. The molecule has 0 fully saturated rings. The summed E-state index contributed by atoms with van der Waals surface area (Å²) in [6.45, 7) is 7.59. The zero-order chi connectivity index (χ0) is 21.7. The fourth-order valence-electron chi connectivity index (χ4n) is 3.48. The van der Waals surface area contributed by atoms with Gasteiger partial charge in [0.05, 0.1) is 17.8 Å². The molecule has 1 aromatic heterocycles. The minimum absolute atomic E-state index is 0.135. The molecule has 0 aliphatic rings. The number of rotatable bonds is 8. The number of imidazole rings is 1. The van der Waals surface area contributed by atoms with Gasteiger partial charge in [-0.2, -0.15) is 0 Å². The summed E-state index contributed by atoms with van der Waals surface area (Å²) >= 11 is 0. The van der Waals surface area contributed by atoms with Crippen LogP contribution < -0.4 is 11.1 Å². The van der Waals surface area contributed by atoms with Gasteiger partial charge in [-0.25, -0.2) is 9.37 Å². The van der Waals surface area contributed by atoms with Gasteiger partial charge < -0.3 is 20.7 Å². The molecule has 1 heterocycles. The molecule has 30 heavy (non-hydrogen) atoms. The van der Waals surface area contributed by atoms with Crippen LogP contribution in [0.3, 0.4) is 0 Å². The first kappa shape index (κ1) is 22.2. The van der Waals surface area contributed by atoms with E-state index in [-0.39, 0.29) is 23.8 Å². The normalized spacial score (nSPS) is 13.9. The predicted molar refractivity (Wildman–Crippen MR) is 118 cm³/mol. The smallest absolute Gasteiger partial charge is 0.127 e. The molecule has 0 spiro atoms. The second kappa shape index (κ2) is 9.51. The fourth-order valence-corrected chi connectivity index (χ4v) is 3.48. The second-order valence-corrected chi connectivity index (χ2v) is 8.71. The van der Waals surface area contributed by atoms with Crippen molar-refractivity contribution in [3.8, 4) is 11.3 Å². The molecule has 3 aromatic rings. The monoisotopic (exact) mass is 410 g/mol. The molecule has 2 aromatic carbocycles. The Balaban J connectivity index is 2.04. The maximum Gasteiger partial charge on any atom is 0.127 e. The Kier molecular flexibility index (Phi) is 7.02. The van der Waals surface area contributed by atoms with E-state index in [4.69, 9.17) is 10.7 Å². The Hall–Kier alpha value is -2.54. The van der Waals surface area contributed by atoms with Crippen molar-refractivity contribution in [2.45, 2.75) is 39.5 Å². The summed E-state index contributed by atoms with van der Waals surface area (Å²) in [4.78, 5) is 4.91. The fraction of sp³-hybridized carbons (Fsp3) is 0.375. The van der Waals surface area contributed by atoms with Gasteiger partial charge in [-0.1, -0.05) is 63.2 Å². The number of nitrogens with two attached hydrogens (primary N) is 1. The molecule has 0 radical (unpaired) electrons. The van der Waals surface area contributed by atoms with Crippen LogP contribution in [0.5, 0.6) is 0 Å². The summed E-state index contributed by atoms with van der Waals surface area (Å²) in [5, 5.41) is 13.4. The Labute approximate surface area is 177 Å². The number of hydrogen-bond donors (Lipinski definition) is 3. The lowest BCUT2D eigenvalue weighted by Crippen LogP contribution is -2.40. The highest BCUT2D eigenvalue weighted by Crippen LogP contribution is 2.34. The van der Waals surface area contributed by atoms with Gasteiger partial charge in [0, 0.05) is 31.4 Å². The zero-order valence-corrected chi connectivity index (χ0v) is 17.8. The first-order valence-electron chi connectivity index (χ1n) is 10.3. The predicted octanol–water partition coefficient (Wildman–Crippen LogP) is 3.73. The lowest BCUT2D eigenvalue weighted by molar-refractivity contribution is 0.156. The molecule has 0 saturated carbocycles. The van der Waals surface area contributed by atoms with Crippen molar-refractivity contribution in [1.29, 1.82) is 0 Å². The molecule has 4 N–H and O–H groups in total. The minimum Gasteiger partial charge on any atom is -0.390 e. The number of benzene rings is 2. The van der Waals surface area contributed by atoms with E-state index in [2.05, 4.69) is 42.8 Å². The van der Waals surface area contributed by atoms with Crippen LogP contribution >= 0.6 is 0 Å². The summed E-state index contributed by atoms with van der Waals surface area (Å²) in [5.74, 6) is 0.554. The van der Waals surface area contributed by atoms with E-state index in [1.165, 1.54) is 12.1 Å². The van der Waals surface area contributed by atoms with Crippen LogP contribution in [0.25, 0.3) is 11.3 Å². The number of nitrogens with zero attached hydrogens (tertiary/aromatic N) is 2. The Morgan fingerprint density at radius 3 is 2.50 bits per heavy atom. The Morgan fingerprint density at radius 2 is 1.87 bits per heavy atom. The quantitative estimate of drug-likeness (QED) is 0.529. The third kappa shape index (κ3) is 5.53. The second-order valence-electron chi connectivity index (χ2n) is 8.71. The lowest BCUT2D eigenvalue weighted by atomic mass is 9.86. The van der Waals surface area contributed by atoms with E-state index < -0.39 is 6.10 Å². The lowest BCUT2D eigenvalue weighted by Gasteiger charge is -2.32. The van der Waals surface area contributed by atoms with E-state index in [1.54, 1.807) is 6.07 Å². The molecule has 5 nitrogen and oxygen atoms in total. The zero-order valence-electron chi connectivity index (χ0n) is 17.8. The van der Waals surface area contributed by atoms with E-state index >= 15 is 0 Å². The van der Waals surface area contributed by atoms with Crippen LogP contribution in [0.4, 0.5) is 4.39 Å². The largest absolute Gasteiger partial charge is 0.390 e. The van der Waals surface area contributed by atoms with Crippen molar-refractivity contribution in [2.75, 3.05) is 13.1 Å². The first-order valence-corrected chi connectivity index (χ1v) is 10.3. The van der Waals surface area contributed by atoms with Crippen LogP contribution in [-0.2, 0) is 6.54 Å². The number of halogens is 1. The summed E-state index contributed by atoms with van der Waals surface area (Å²) in [7, 11) is 0. The van der Waals surface area contributed by atoms with Crippen LogP contribution in [-0.4, -0.2) is 33.9 Å². The highest BCUT2D eigenvalue weighted by Gasteiger charge is 2.31. The summed E-state index contributed by atoms with van der Waals surface area (Å²) < 4.78 is 15.9. The number of aromatic nitrogens is 2. The third-order valence-corrected chi connectivity index (χ3v) is 5.08. The molecule has 0 saturated heterocycles. The van der Waals surface area contributed by atoms with Crippen LogP contribution in [0.15, 0.2) is 60.8 Å². The van der Waals surface area contributed by atoms with Gasteiger partial charge in [0.2, 0.25) is 0 Å². The Bertz CT molecular complexity index is 949. The van der Waals surface area contributed by atoms with Gasteiger partial charge in [-0.15, -0.1) is 0 Å². The average molecular weight is 411 g/mol. The van der Waals surface area contributed by atoms with Crippen molar-refractivity contribution in [2.24, 2.45) is 11.1 Å². The van der Waals surface area contributed by atoms with Crippen molar-refractivity contribution in [3.63, 3.8) is 0 Å². The number of aliphatic hydroxyl groups excluding tert-OH is 1. The standard InChI is InChI=1S/C24H31FN4O/c1-24(2,3)22(27-14-20(30)13-26)23-28-21(18-10-7-11-19(25)12-18)16-29(23)15-17-8-5-4-6-9-17/h4-12,16,20,22,27,30H,13-15,26H2,1-3H3. The third-order valence-electron chi connectivity index (χ3n) is 5.08. The molecule has 3 rings (SSSR count). The van der Waals surface area contributed by atoms with E-state index in [9.17, 15) is 9.50 Å². The van der Waals surface area contributed by atoms with E-state index in [0.29, 0.717) is 13.1 Å². The molecule has 2 unspecified atom stereocenters. The van der Waals surface area contributed by atoms with E-state index in [1.807, 2.05) is 30.5 Å². The molecular formula is C24H31FN4O. The van der Waals surface area contributed by atoms with Gasteiger partial charge in [0.15, 0.2) is 0 Å². The highest BCUT2D eigenvalue weighted by atomic mass is 19.1. The molecule has 6 heteroatoms. The van der Waals surface area contributed by atoms with Crippen molar-refractivity contribution >= 4 is 0 Å². The maximum atomic E-state index is 13.8. The molecule has 160 valence electrons. The highest BCUT2D eigenvalue weighted by molar-refractivity contribution is 5.58. The van der Waals surface area contributed by atoms with Gasteiger partial charge in [0.1, 0.15) is 11.6 Å².